The van der Waals surface area contributed by atoms with Crippen LogP contribution >= 0.6 is 0 Å². The second kappa shape index (κ2) is 8.94. The summed E-state index contributed by atoms with van der Waals surface area (Å²) in [5, 5.41) is 22.8. The highest BCUT2D eigenvalue weighted by molar-refractivity contribution is 7.89. The zero-order chi connectivity index (χ0) is 24.4. The summed E-state index contributed by atoms with van der Waals surface area (Å²) >= 11 is 0. The summed E-state index contributed by atoms with van der Waals surface area (Å²) in [6.07, 6.45) is 6.10. The molecule has 4 aromatic heterocycles. The normalized spacial score (nSPS) is 11.3. The van der Waals surface area contributed by atoms with Crippen LogP contribution in [-0.2, 0) is 16.6 Å². The van der Waals surface area contributed by atoms with E-state index in [9.17, 15) is 13.7 Å². The van der Waals surface area contributed by atoms with Crippen molar-refractivity contribution in [1.82, 2.24) is 24.6 Å². The van der Waals surface area contributed by atoms with Gasteiger partial charge < -0.3 is 5.32 Å². The lowest BCUT2D eigenvalue weighted by Gasteiger charge is -2.12. The Morgan fingerprint density at radius 1 is 1.06 bits per heavy atom. The topological polar surface area (TPSA) is 152 Å². The second-order valence-corrected chi connectivity index (χ2v) is 9.15. The Morgan fingerprint density at radius 2 is 1.89 bits per heavy atom. The monoisotopic (exact) mass is 482 g/mol. The SMILES string of the molecule is N#Cc1ccccc1-c1ccn2nc(-c3cncc(S(N)(=O)=O)c3)nc(NCc3ccccn3)c12. The van der Waals surface area contributed by atoms with Gasteiger partial charge in [-0.1, -0.05) is 24.3 Å². The van der Waals surface area contributed by atoms with Crippen molar-refractivity contribution in [3.63, 3.8) is 0 Å². The molecule has 0 fully saturated rings. The summed E-state index contributed by atoms with van der Waals surface area (Å²) in [4.78, 5) is 12.9. The largest absolute Gasteiger partial charge is 0.363 e. The lowest BCUT2D eigenvalue weighted by molar-refractivity contribution is 0.597. The molecule has 35 heavy (non-hydrogen) atoms. The summed E-state index contributed by atoms with van der Waals surface area (Å²) in [5.74, 6) is 0.726. The number of anilines is 1. The van der Waals surface area contributed by atoms with Gasteiger partial charge in [-0.05, 0) is 30.3 Å². The fraction of sp³-hybridized carbons (Fsp3) is 0.0417. The maximum Gasteiger partial charge on any atom is 0.239 e. The quantitative estimate of drug-likeness (QED) is 0.375. The van der Waals surface area contributed by atoms with Crippen molar-refractivity contribution >= 4 is 21.4 Å². The van der Waals surface area contributed by atoms with Crippen LogP contribution in [0.4, 0.5) is 5.82 Å². The summed E-state index contributed by atoms with van der Waals surface area (Å²) in [6, 6.07) is 18.3. The molecule has 0 aliphatic carbocycles. The van der Waals surface area contributed by atoms with Crippen LogP contribution in [0.1, 0.15) is 11.3 Å². The van der Waals surface area contributed by atoms with Crippen LogP contribution in [0, 0.1) is 11.3 Å². The first kappa shape index (κ1) is 22.1. The van der Waals surface area contributed by atoms with Gasteiger partial charge in [0.25, 0.3) is 0 Å². The number of aromatic nitrogens is 5. The molecule has 0 spiro atoms. The van der Waals surface area contributed by atoms with E-state index in [1.165, 1.54) is 18.5 Å². The van der Waals surface area contributed by atoms with Crippen LogP contribution in [0.15, 0.2) is 84.3 Å². The van der Waals surface area contributed by atoms with Gasteiger partial charge >= 0.3 is 0 Å². The number of benzene rings is 1. The van der Waals surface area contributed by atoms with E-state index < -0.39 is 10.0 Å². The van der Waals surface area contributed by atoms with Gasteiger partial charge in [0.15, 0.2) is 11.6 Å². The number of primary sulfonamides is 1. The first-order valence-corrected chi connectivity index (χ1v) is 12.0. The van der Waals surface area contributed by atoms with Crippen molar-refractivity contribution in [3.8, 4) is 28.6 Å². The Kier molecular flexibility index (Phi) is 5.66. The number of hydrogen-bond acceptors (Lipinski definition) is 8. The molecule has 0 saturated heterocycles. The Morgan fingerprint density at radius 3 is 2.66 bits per heavy atom. The van der Waals surface area contributed by atoms with E-state index in [1.807, 2.05) is 36.4 Å². The molecule has 0 aliphatic heterocycles. The molecule has 4 heterocycles. The van der Waals surface area contributed by atoms with E-state index in [0.29, 0.717) is 29.0 Å². The Labute approximate surface area is 200 Å². The third-order valence-corrected chi connectivity index (χ3v) is 6.19. The van der Waals surface area contributed by atoms with Gasteiger partial charge in [0.1, 0.15) is 10.4 Å². The molecular formula is C24H18N8O2S. The van der Waals surface area contributed by atoms with E-state index in [0.717, 1.165) is 16.8 Å². The lowest BCUT2D eigenvalue weighted by atomic mass is 10.0. The second-order valence-electron chi connectivity index (χ2n) is 7.59. The summed E-state index contributed by atoms with van der Waals surface area (Å²) < 4.78 is 25.3. The third kappa shape index (κ3) is 4.43. The predicted molar refractivity (Wildman–Crippen MR) is 129 cm³/mol. The zero-order valence-corrected chi connectivity index (χ0v) is 19.0. The van der Waals surface area contributed by atoms with Gasteiger partial charge in [-0.15, -0.1) is 5.10 Å². The van der Waals surface area contributed by atoms with Crippen molar-refractivity contribution in [2.45, 2.75) is 11.4 Å². The number of hydrogen-bond donors (Lipinski definition) is 2. The fourth-order valence-electron chi connectivity index (χ4n) is 3.68. The minimum absolute atomic E-state index is 0.141. The lowest BCUT2D eigenvalue weighted by Crippen LogP contribution is -2.13. The van der Waals surface area contributed by atoms with E-state index in [-0.39, 0.29) is 10.7 Å². The van der Waals surface area contributed by atoms with Crippen LogP contribution in [0.3, 0.4) is 0 Å². The molecular weight excluding hydrogens is 464 g/mol. The number of nitrogens with one attached hydrogen (secondary N) is 1. The predicted octanol–water partition coefficient (Wildman–Crippen LogP) is 2.98. The van der Waals surface area contributed by atoms with Crippen molar-refractivity contribution in [2.75, 3.05) is 5.32 Å². The van der Waals surface area contributed by atoms with Crippen molar-refractivity contribution in [3.05, 3.63) is 90.6 Å². The molecule has 172 valence electrons. The molecule has 5 rings (SSSR count). The maximum absolute atomic E-state index is 11.8. The molecule has 0 saturated carbocycles. The van der Waals surface area contributed by atoms with Crippen LogP contribution in [0.5, 0.6) is 0 Å². The summed E-state index contributed by atoms with van der Waals surface area (Å²) in [5.41, 5.74) is 3.87. The van der Waals surface area contributed by atoms with Crippen LogP contribution in [0.25, 0.3) is 28.0 Å². The van der Waals surface area contributed by atoms with Crippen LogP contribution in [-0.4, -0.2) is 33.0 Å². The minimum atomic E-state index is -3.95. The van der Waals surface area contributed by atoms with E-state index in [1.54, 1.807) is 29.0 Å². The zero-order valence-electron chi connectivity index (χ0n) is 18.2. The summed E-state index contributed by atoms with van der Waals surface area (Å²) in [6.45, 7) is 0.382. The molecule has 0 bridgehead atoms. The van der Waals surface area contributed by atoms with Crippen LogP contribution in [0.2, 0.25) is 0 Å². The molecule has 0 radical (unpaired) electrons. The van der Waals surface area contributed by atoms with Gasteiger partial charge in [0.05, 0.1) is 23.9 Å². The van der Waals surface area contributed by atoms with Gasteiger partial charge in [0.2, 0.25) is 10.0 Å². The molecule has 3 N–H and O–H groups in total. The number of pyridine rings is 2. The molecule has 0 unspecified atom stereocenters. The molecule has 0 aliphatic rings. The highest BCUT2D eigenvalue weighted by Crippen LogP contribution is 2.33. The number of sulfonamides is 1. The Hall–Kier alpha value is -4.66. The van der Waals surface area contributed by atoms with E-state index >= 15 is 0 Å². The highest BCUT2D eigenvalue weighted by Gasteiger charge is 2.18. The number of nitrogens with zero attached hydrogens (tertiary/aromatic N) is 6. The molecule has 5 aromatic rings. The van der Waals surface area contributed by atoms with Gasteiger partial charge in [-0.25, -0.2) is 23.1 Å². The molecule has 11 heteroatoms. The standard InChI is InChI=1S/C24H18N8O2S/c25-12-16-5-1-2-7-20(16)21-8-10-32-22(21)24(29-14-18-6-3-4-9-28-18)30-23(31-32)17-11-19(15-27-13-17)35(26,33)34/h1-11,13,15H,14H2,(H2,26,33,34)(H,29,30,31). The highest BCUT2D eigenvalue weighted by atomic mass is 32.2. The van der Waals surface area contributed by atoms with Crippen molar-refractivity contribution in [1.29, 1.82) is 5.26 Å². The van der Waals surface area contributed by atoms with Gasteiger partial charge in [-0.2, -0.15) is 5.26 Å². The fourth-order valence-corrected chi connectivity index (χ4v) is 4.18. The number of nitrogens with two attached hydrogens (primary N) is 1. The van der Waals surface area contributed by atoms with Gasteiger partial charge in [-0.3, -0.25) is 9.97 Å². The number of nitriles is 1. The molecule has 10 nitrogen and oxygen atoms in total. The Bertz CT molecular complexity index is 1690. The first-order chi connectivity index (χ1) is 16.9. The van der Waals surface area contributed by atoms with Gasteiger partial charge in [0, 0.05) is 41.5 Å². The first-order valence-electron chi connectivity index (χ1n) is 10.4. The number of fused-ring (bicyclic) bond motifs is 1. The summed E-state index contributed by atoms with van der Waals surface area (Å²) in [7, 11) is -3.95. The minimum Gasteiger partial charge on any atom is -0.363 e. The smallest absolute Gasteiger partial charge is 0.239 e. The Balaban J connectivity index is 1.69. The van der Waals surface area contributed by atoms with Crippen molar-refractivity contribution < 1.29 is 8.42 Å². The van der Waals surface area contributed by atoms with Crippen molar-refractivity contribution in [2.24, 2.45) is 5.14 Å². The third-order valence-electron chi connectivity index (χ3n) is 5.31. The van der Waals surface area contributed by atoms with Crippen LogP contribution < -0.4 is 10.5 Å². The van der Waals surface area contributed by atoms with E-state index in [2.05, 4.69) is 26.5 Å². The average Bonchev–Trinajstić information content (AvgIpc) is 3.31. The molecule has 0 amide bonds. The molecule has 1 aromatic carbocycles. The maximum atomic E-state index is 11.8. The molecule has 0 atom stereocenters. The average molecular weight is 483 g/mol. The van der Waals surface area contributed by atoms with E-state index in [4.69, 9.17) is 10.1 Å². The number of rotatable bonds is 6.